The highest BCUT2D eigenvalue weighted by atomic mass is 35.7. The van der Waals surface area contributed by atoms with Gasteiger partial charge in [-0.2, -0.15) is 0 Å². The molecule has 2 heterocycles. The molecule has 4 nitrogen and oxygen atoms in total. The monoisotopic (exact) mass is 307 g/mol. The quantitative estimate of drug-likeness (QED) is 0.789. The van der Waals surface area contributed by atoms with Crippen LogP contribution >= 0.6 is 22.0 Å². The van der Waals surface area contributed by atoms with Gasteiger partial charge in [0.2, 0.25) is 0 Å². The van der Waals surface area contributed by atoms with Crippen LogP contribution in [-0.4, -0.2) is 32.3 Å². The van der Waals surface area contributed by atoms with E-state index < -0.39 is 9.05 Å². The van der Waals surface area contributed by atoms with E-state index in [9.17, 15) is 13.2 Å². The molecule has 18 heavy (non-hydrogen) atoms. The van der Waals surface area contributed by atoms with Gasteiger partial charge >= 0.3 is 0 Å². The van der Waals surface area contributed by atoms with Crippen LogP contribution in [0.15, 0.2) is 11.0 Å². The molecule has 1 aromatic heterocycles. The molecule has 1 atom stereocenters. The SMILES string of the molecule is Cc1sc(C(=O)N2CCC(C)C2)cc1S(=O)(=O)Cl. The number of nitrogens with zero attached hydrogens (tertiary/aromatic N) is 1. The largest absolute Gasteiger partial charge is 0.338 e. The molecule has 0 aromatic carbocycles. The molecule has 0 spiro atoms. The summed E-state index contributed by atoms with van der Waals surface area (Å²) in [5.41, 5.74) is 0. The molecule has 1 unspecified atom stereocenters. The van der Waals surface area contributed by atoms with Gasteiger partial charge in [0.15, 0.2) is 0 Å². The molecule has 0 aliphatic carbocycles. The van der Waals surface area contributed by atoms with Gasteiger partial charge in [-0.25, -0.2) is 8.42 Å². The lowest BCUT2D eigenvalue weighted by atomic mass is 10.2. The van der Waals surface area contributed by atoms with Crippen LogP contribution in [0.4, 0.5) is 0 Å². The molecule has 1 aliphatic heterocycles. The highest BCUT2D eigenvalue weighted by molar-refractivity contribution is 8.13. The molecule has 1 fully saturated rings. The fraction of sp³-hybridized carbons (Fsp3) is 0.545. The standard InChI is InChI=1S/C11H14ClNO3S2/c1-7-3-4-13(6-7)11(14)9-5-10(8(2)17-9)18(12,15)16/h5,7H,3-4,6H2,1-2H3. The third kappa shape index (κ3) is 2.70. The second kappa shape index (κ2) is 4.83. The fourth-order valence-electron chi connectivity index (χ4n) is 2.09. The summed E-state index contributed by atoms with van der Waals surface area (Å²) >= 11 is 1.18. The number of carbonyl (C=O) groups excluding carboxylic acids is 1. The van der Waals surface area contributed by atoms with Crippen molar-refractivity contribution in [1.29, 1.82) is 0 Å². The zero-order chi connectivity index (χ0) is 13.5. The topological polar surface area (TPSA) is 54.5 Å². The summed E-state index contributed by atoms with van der Waals surface area (Å²) in [6.07, 6.45) is 0.997. The number of thiophene rings is 1. The van der Waals surface area contributed by atoms with E-state index in [1.165, 1.54) is 17.4 Å². The molecule has 0 radical (unpaired) electrons. The average molecular weight is 308 g/mol. The summed E-state index contributed by atoms with van der Waals surface area (Å²) in [4.78, 5) is 15.0. The second-order valence-electron chi connectivity index (χ2n) is 4.61. The Hall–Kier alpha value is -0.590. The zero-order valence-electron chi connectivity index (χ0n) is 10.1. The summed E-state index contributed by atoms with van der Waals surface area (Å²) in [6.45, 7) is 5.23. The van der Waals surface area contributed by atoms with Gasteiger partial charge in [-0.1, -0.05) is 6.92 Å². The molecule has 1 aliphatic rings. The van der Waals surface area contributed by atoms with Crippen molar-refractivity contribution < 1.29 is 13.2 Å². The van der Waals surface area contributed by atoms with Crippen LogP contribution in [0.1, 0.15) is 27.9 Å². The van der Waals surface area contributed by atoms with Gasteiger partial charge in [-0.15, -0.1) is 11.3 Å². The number of hydrogen-bond donors (Lipinski definition) is 0. The van der Waals surface area contributed by atoms with Crippen molar-refractivity contribution in [3.63, 3.8) is 0 Å². The molecule has 100 valence electrons. The van der Waals surface area contributed by atoms with Gasteiger partial charge in [-0.3, -0.25) is 4.79 Å². The molecule has 1 saturated heterocycles. The van der Waals surface area contributed by atoms with E-state index in [0.717, 1.165) is 19.5 Å². The molecular weight excluding hydrogens is 294 g/mol. The van der Waals surface area contributed by atoms with Crippen LogP contribution in [0.2, 0.25) is 0 Å². The van der Waals surface area contributed by atoms with Crippen LogP contribution < -0.4 is 0 Å². The number of aryl methyl sites for hydroxylation is 1. The van der Waals surface area contributed by atoms with E-state index >= 15 is 0 Å². The Labute approximate surface area is 115 Å². The summed E-state index contributed by atoms with van der Waals surface area (Å²) in [5.74, 6) is 0.408. The number of amides is 1. The Kier molecular flexibility index (Phi) is 3.71. The van der Waals surface area contributed by atoms with Crippen molar-refractivity contribution in [3.05, 3.63) is 15.8 Å². The summed E-state index contributed by atoms with van der Waals surface area (Å²) < 4.78 is 22.6. The van der Waals surface area contributed by atoms with Gasteiger partial charge < -0.3 is 4.90 Å². The minimum atomic E-state index is -3.77. The minimum Gasteiger partial charge on any atom is -0.338 e. The molecule has 7 heteroatoms. The van der Waals surface area contributed by atoms with Crippen LogP contribution in [0.25, 0.3) is 0 Å². The van der Waals surface area contributed by atoms with Crippen LogP contribution in [-0.2, 0) is 9.05 Å². The van der Waals surface area contributed by atoms with Crippen molar-refractivity contribution >= 4 is 37.0 Å². The highest BCUT2D eigenvalue weighted by Crippen LogP contribution is 2.30. The van der Waals surface area contributed by atoms with Gasteiger partial charge in [0.1, 0.15) is 0 Å². The molecule has 1 amide bonds. The lowest BCUT2D eigenvalue weighted by Gasteiger charge is -2.14. The van der Waals surface area contributed by atoms with Crippen LogP contribution in [0.5, 0.6) is 0 Å². The Balaban J connectivity index is 2.27. The van der Waals surface area contributed by atoms with Crippen molar-refractivity contribution in [3.8, 4) is 0 Å². The molecule has 2 rings (SSSR count). The first kappa shape index (κ1) is 13.8. The number of carbonyl (C=O) groups is 1. The summed E-state index contributed by atoms with van der Waals surface area (Å²) in [6, 6.07) is 1.38. The number of likely N-dealkylation sites (tertiary alicyclic amines) is 1. The maximum atomic E-state index is 12.2. The van der Waals surface area contributed by atoms with Crippen molar-refractivity contribution in [2.24, 2.45) is 5.92 Å². The first-order valence-corrected chi connectivity index (χ1v) is 8.76. The average Bonchev–Trinajstić information content (AvgIpc) is 2.82. The van der Waals surface area contributed by atoms with Gasteiger partial charge in [0.25, 0.3) is 15.0 Å². The zero-order valence-corrected chi connectivity index (χ0v) is 12.5. The minimum absolute atomic E-state index is 0.0461. The van der Waals surface area contributed by atoms with E-state index in [1.54, 1.807) is 11.8 Å². The lowest BCUT2D eigenvalue weighted by molar-refractivity contribution is 0.0792. The highest BCUT2D eigenvalue weighted by Gasteiger charge is 2.27. The van der Waals surface area contributed by atoms with E-state index in [0.29, 0.717) is 15.7 Å². The fourth-order valence-corrected chi connectivity index (χ4v) is 4.72. The molecular formula is C11H14ClNO3S2. The summed E-state index contributed by atoms with van der Waals surface area (Å²) in [7, 11) is 1.55. The Morgan fingerprint density at radius 3 is 2.67 bits per heavy atom. The first-order chi connectivity index (χ1) is 8.29. The van der Waals surface area contributed by atoms with E-state index in [-0.39, 0.29) is 10.8 Å². The number of halogens is 1. The molecule has 0 bridgehead atoms. The van der Waals surface area contributed by atoms with E-state index in [1.807, 2.05) is 0 Å². The first-order valence-electron chi connectivity index (χ1n) is 5.63. The molecule has 1 aromatic rings. The third-order valence-electron chi connectivity index (χ3n) is 3.06. The Bertz CT molecular complexity index is 579. The summed E-state index contributed by atoms with van der Waals surface area (Å²) in [5, 5.41) is 0. The number of rotatable bonds is 2. The van der Waals surface area contributed by atoms with Crippen molar-refractivity contribution in [2.75, 3.05) is 13.1 Å². The van der Waals surface area contributed by atoms with Crippen LogP contribution in [0, 0.1) is 12.8 Å². The lowest BCUT2D eigenvalue weighted by Crippen LogP contribution is -2.27. The molecule has 0 saturated carbocycles. The van der Waals surface area contributed by atoms with Gasteiger partial charge in [0, 0.05) is 28.6 Å². The third-order valence-corrected chi connectivity index (χ3v) is 5.67. The normalized spacial score (nSPS) is 20.4. The van der Waals surface area contributed by atoms with Gasteiger partial charge in [0.05, 0.1) is 9.77 Å². The van der Waals surface area contributed by atoms with E-state index in [4.69, 9.17) is 10.7 Å². The maximum Gasteiger partial charge on any atom is 0.263 e. The second-order valence-corrected chi connectivity index (χ2v) is 8.40. The maximum absolute atomic E-state index is 12.2. The predicted octanol–water partition coefficient (Wildman–Crippen LogP) is 2.47. The number of hydrogen-bond acceptors (Lipinski definition) is 4. The smallest absolute Gasteiger partial charge is 0.263 e. The Morgan fingerprint density at radius 1 is 1.56 bits per heavy atom. The van der Waals surface area contributed by atoms with E-state index in [2.05, 4.69) is 6.92 Å². The van der Waals surface area contributed by atoms with Gasteiger partial charge in [-0.05, 0) is 25.3 Å². The van der Waals surface area contributed by atoms with Crippen LogP contribution in [0.3, 0.4) is 0 Å². The predicted molar refractivity (Wildman–Crippen MR) is 71.8 cm³/mol. The Morgan fingerprint density at radius 2 is 2.22 bits per heavy atom. The van der Waals surface area contributed by atoms with Crippen molar-refractivity contribution in [2.45, 2.75) is 25.2 Å². The van der Waals surface area contributed by atoms with Crippen molar-refractivity contribution in [1.82, 2.24) is 4.90 Å². The molecule has 0 N–H and O–H groups in total.